The zero-order valence-corrected chi connectivity index (χ0v) is 13.0. The van der Waals surface area contributed by atoms with Crippen LogP contribution >= 0.6 is 15.9 Å². The van der Waals surface area contributed by atoms with Crippen molar-refractivity contribution in [3.63, 3.8) is 0 Å². The van der Waals surface area contributed by atoms with Crippen LogP contribution in [0, 0.1) is 13.8 Å². The fourth-order valence-corrected chi connectivity index (χ4v) is 2.46. The number of hydrogen-bond acceptors (Lipinski definition) is 2. The summed E-state index contributed by atoms with van der Waals surface area (Å²) in [6.45, 7) is 4.20. The van der Waals surface area contributed by atoms with E-state index in [1.54, 1.807) is 7.11 Å². The first-order chi connectivity index (χ1) is 9.02. The van der Waals surface area contributed by atoms with E-state index < -0.39 is 0 Å². The average molecular weight is 320 g/mol. The molecule has 0 aliphatic carbocycles. The van der Waals surface area contributed by atoms with Gasteiger partial charge in [-0.25, -0.2) is 0 Å². The van der Waals surface area contributed by atoms with Crippen LogP contribution in [0.25, 0.3) is 0 Å². The molecular weight excluding hydrogens is 302 g/mol. The summed E-state index contributed by atoms with van der Waals surface area (Å²) in [4.78, 5) is 0. The Bertz CT molecular complexity index is 595. The fourth-order valence-electron chi connectivity index (χ4n) is 2.09. The minimum atomic E-state index is -0.188. The zero-order chi connectivity index (χ0) is 14.0. The van der Waals surface area contributed by atoms with Gasteiger partial charge in [-0.1, -0.05) is 34.1 Å². The maximum absolute atomic E-state index is 6.38. The highest BCUT2D eigenvalue weighted by Crippen LogP contribution is 2.31. The summed E-state index contributed by atoms with van der Waals surface area (Å²) >= 11 is 3.48. The largest absolute Gasteiger partial charge is 0.496 e. The van der Waals surface area contributed by atoms with Gasteiger partial charge >= 0.3 is 0 Å². The molecule has 19 heavy (non-hydrogen) atoms. The van der Waals surface area contributed by atoms with Gasteiger partial charge in [0, 0.05) is 10.0 Å². The number of methoxy groups -OCH3 is 1. The average Bonchev–Trinajstić information content (AvgIpc) is 2.41. The molecule has 0 spiro atoms. The van der Waals surface area contributed by atoms with E-state index >= 15 is 0 Å². The normalized spacial score (nSPS) is 12.3. The first kappa shape index (κ1) is 14.1. The molecule has 0 saturated heterocycles. The maximum Gasteiger partial charge on any atom is 0.124 e. The maximum atomic E-state index is 6.38. The van der Waals surface area contributed by atoms with Crippen LogP contribution in [0.1, 0.15) is 28.3 Å². The summed E-state index contributed by atoms with van der Waals surface area (Å²) < 4.78 is 6.40. The van der Waals surface area contributed by atoms with Crippen LogP contribution in [0.5, 0.6) is 5.75 Å². The molecular formula is C16H18BrNO. The quantitative estimate of drug-likeness (QED) is 0.923. The van der Waals surface area contributed by atoms with Gasteiger partial charge in [-0.05, 0) is 48.7 Å². The van der Waals surface area contributed by atoms with E-state index in [1.807, 2.05) is 18.2 Å². The second kappa shape index (κ2) is 5.76. The van der Waals surface area contributed by atoms with Crippen LogP contribution in [0.4, 0.5) is 0 Å². The Morgan fingerprint density at radius 2 is 1.79 bits per heavy atom. The van der Waals surface area contributed by atoms with E-state index in [0.717, 1.165) is 21.3 Å². The first-order valence-corrected chi connectivity index (χ1v) is 6.98. The van der Waals surface area contributed by atoms with Gasteiger partial charge in [-0.3, -0.25) is 0 Å². The Labute approximate surface area is 122 Å². The van der Waals surface area contributed by atoms with Crippen LogP contribution < -0.4 is 10.5 Å². The van der Waals surface area contributed by atoms with Crippen LogP contribution in [0.2, 0.25) is 0 Å². The lowest BCUT2D eigenvalue weighted by molar-refractivity contribution is 0.407. The van der Waals surface area contributed by atoms with Crippen molar-refractivity contribution >= 4 is 15.9 Å². The molecule has 2 rings (SSSR count). The van der Waals surface area contributed by atoms with Gasteiger partial charge in [-0.15, -0.1) is 0 Å². The van der Waals surface area contributed by atoms with Crippen LogP contribution in [-0.2, 0) is 0 Å². The number of nitrogens with two attached hydrogens (primary N) is 1. The van der Waals surface area contributed by atoms with E-state index in [4.69, 9.17) is 10.5 Å². The molecule has 0 fully saturated rings. The summed E-state index contributed by atoms with van der Waals surface area (Å²) in [5.74, 6) is 0.814. The highest BCUT2D eigenvalue weighted by molar-refractivity contribution is 9.10. The van der Waals surface area contributed by atoms with Crippen LogP contribution in [-0.4, -0.2) is 7.11 Å². The smallest absolute Gasteiger partial charge is 0.124 e. The van der Waals surface area contributed by atoms with Gasteiger partial charge in [0.1, 0.15) is 5.75 Å². The van der Waals surface area contributed by atoms with E-state index in [1.165, 1.54) is 11.1 Å². The molecule has 2 aromatic rings. The summed E-state index contributed by atoms with van der Waals surface area (Å²) in [6, 6.07) is 12.0. The summed E-state index contributed by atoms with van der Waals surface area (Å²) in [7, 11) is 1.67. The predicted molar refractivity (Wildman–Crippen MR) is 82.6 cm³/mol. The molecule has 0 aromatic heterocycles. The standard InChI is InChI=1S/C16H18BrNO/c1-10-4-5-12(8-11(10)2)16(18)14-9-13(17)6-7-15(14)19-3/h4-9,16H,18H2,1-3H3. The van der Waals surface area contributed by atoms with E-state index in [0.29, 0.717) is 0 Å². The minimum absolute atomic E-state index is 0.188. The molecule has 0 bridgehead atoms. The molecule has 3 heteroatoms. The molecule has 0 aliphatic heterocycles. The van der Waals surface area contributed by atoms with E-state index in [2.05, 4.69) is 48.0 Å². The van der Waals surface area contributed by atoms with Crippen molar-refractivity contribution in [1.82, 2.24) is 0 Å². The summed E-state index contributed by atoms with van der Waals surface area (Å²) in [5.41, 5.74) is 11.0. The molecule has 2 nitrogen and oxygen atoms in total. The van der Waals surface area contributed by atoms with Crippen molar-refractivity contribution < 1.29 is 4.74 Å². The van der Waals surface area contributed by atoms with Gasteiger partial charge in [0.25, 0.3) is 0 Å². The zero-order valence-electron chi connectivity index (χ0n) is 11.4. The number of hydrogen-bond donors (Lipinski definition) is 1. The third-order valence-corrected chi connectivity index (χ3v) is 3.91. The van der Waals surface area contributed by atoms with E-state index in [9.17, 15) is 0 Å². The van der Waals surface area contributed by atoms with Gasteiger partial charge in [-0.2, -0.15) is 0 Å². The predicted octanol–water partition coefficient (Wildman–Crippen LogP) is 4.12. The second-order valence-corrected chi connectivity index (χ2v) is 5.62. The van der Waals surface area contributed by atoms with Crippen molar-refractivity contribution in [3.05, 3.63) is 63.1 Å². The highest BCUT2D eigenvalue weighted by Gasteiger charge is 2.15. The molecule has 0 radical (unpaired) electrons. The molecule has 2 N–H and O–H groups in total. The SMILES string of the molecule is COc1ccc(Br)cc1C(N)c1ccc(C)c(C)c1. The molecule has 100 valence electrons. The molecule has 0 heterocycles. The van der Waals surface area contributed by atoms with Crippen molar-refractivity contribution in [2.45, 2.75) is 19.9 Å². The summed E-state index contributed by atoms with van der Waals surface area (Å²) in [5, 5.41) is 0. The minimum Gasteiger partial charge on any atom is -0.496 e. The van der Waals surface area contributed by atoms with Crippen LogP contribution in [0.15, 0.2) is 40.9 Å². The third-order valence-electron chi connectivity index (χ3n) is 3.42. The lowest BCUT2D eigenvalue weighted by Gasteiger charge is -2.17. The van der Waals surface area contributed by atoms with Gasteiger partial charge in [0.2, 0.25) is 0 Å². The van der Waals surface area contributed by atoms with Crippen molar-refractivity contribution in [2.24, 2.45) is 5.73 Å². The molecule has 1 unspecified atom stereocenters. The number of ether oxygens (including phenoxy) is 1. The van der Waals surface area contributed by atoms with Crippen molar-refractivity contribution in [2.75, 3.05) is 7.11 Å². The Hall–Kier alpha value is -1.32. The topological polar surface area (TPSA) is 35.2 Å². The Kier molecular flexibility index (Phi) is 4.27. The Balaban J connectivity index is 2.45. The molecule has 0 saturated carbocycles. The van der Waals surface area contributed by atoms with E-state index in [-0.39, 0.29) is 6.04 Å². The Morgan fingerprint density at radius 3 is 2.42 bits per heavy atom. The Morgan fingerprint density at radius 1 is 1.05 bits per heavy atom. The van der Waals surface area contributed by atoms with Crippen molar-refractivity contribution in [1.29, 1.82) is 0 Å². The van der Waals surface area contributed by atoms with Gasteiger partial charge < -0.3 is 10.5 Å². The molecule has 1 atom stereocenters. The molecule has 2 aromatic carbocycles. The van der Waals surface area contributed by atoms with Gasteiger partial charge in [0.15, 0.2) is 0 Å². The number of aryl methyl sites for hydroxylation is 2. The number of rotatable bonds is 3. The third kappa shape index (κ3) is 2.99. The monoisotopic (exact) mass is 319 g/mol. The molecule has 0 amide bonds. The lowest BCUT2D eigenvalue weighted by atomic mass is 9.96. The number of halogens is 1. The fraction of sp³-hybridized carbons (Fsp3) is 0.250. The van der Waals surface area contributed by atoms with Crippen LogP contribution in [0.3, 0.4) is 0 Å². The highest BCUT2D eigenvalue weighted by atomic mass is 79.9. The summed E-state index contributed by atoms with van der Waals surface area (Å²) in [6.07, 6.45) is 0. The number of benzene rings is 2. The first-order valence-electron chi connectivity index (χ1n) is 6.19. The second-order valence-electron chi connectivity index (χ2n) is 4.71. The lowest BCUT2D eigenvalue weighted by Crippen LogP contribution is -2.13. The van der Waals surface area contributed by atoms with Gasteiger partial charge in [0.05, 0.1) is 13.2 Å². The van der Waals surface area contributed by atoms with Crippen molar-refractivity contribution in [3.8, 4) is 5.75 Å². The molecule has 0 aliphatic rings.